The minimum absolute atomic E-state index is 0.202. The number of imidazole rings is 1. The third kappa shape index (κ3) is 3.15. The Labute approximate surface area is 160 Å². The fraction of sp³-hybridized carbons (Fsp3) is 0.389. The van der Waals surface area contributed by atoms with Crippen LogP contribution in [0.3, 0.4) is 0 Å². The molecule has 0 amide bonds. The van der Waals surface area contributed by atoms with E-state index in [0.29, 0.717) is 40.7 Å². The Morgan fingerprint density at radius 3 is 2.71 bits per heavy atom. The number of fused-ring (bicyclic) bond motifs is 1. The number of aromatic nitrogens is 4. The molecule has 1 N–H and O–H groups in total. The fourth-order valence-corrected chi connectivity index (χ4v) is 3.25. The molecule has 1 aromatic carbocycles. The van der Waals surface area contributed by atoms with Crippen molar-refractivity contribution in [3.8, 4) is 17.2 Å². The van der Waals surface area contributed by atoms with E-state index in [0.717, 1.165) is 12.8 Å². The second kappa shape index (κ2) is 7.47. The van der Waals surface area contributed by atoms with E-state index in [4.69, 9.17) is 18.9 Å². The topological polar surface area (TPSA) is 92.6 Å². The lowest BCUT2D eigenvalue weighted by molar-refractivity contribution is 0.0592. The Kier molecular flexibility index (Phi) is 4.86. The summed E-state index contributed by atoms with van der Waals surface area (Å²) in [6.07, 6.45) is 2.26. The van der Waals surface area contributed by atoms with Crippen LogP contribution in [0.5, 0.6) is 17.2 Å². The number of hydrogen-bond acceptors (Lipinski definition) is 8. The molecule has 1 unspecified atom stereocenters. The van der Waals surface area contributed by atoms with Gasteiger partial charge in [-0.1, -0.05) is 0 Å². The Balaban J connectivity index is 1.80. The summed E-state index contributed by atoms with van der Waals surface area (Å²) in [5.41, 5.74) is 1.27. The number of methoxy groups -OCH3 is 3. The van der Waals surface area contributed by atoms with Crippen molar-refractivity contribution in [3.05, 3.63) is 24.5 Å². The molecule has 0 bridgehead atoms. The van der Waals surface area contributed by atoms with Crippen LogP contribution < -0.4 is 19.5 Å². The first-order valence-corrected chi connectivity index (χ1v) is 8.73. The van der Waals surface area contributed by atoms with Crippen molar-refractivity contribution >= 4 is 22.7 Å². The molecule has 1 saturated heterocycles. The number of nitrogens with zero attached hydrogens (tertiary/aromatic N) is 4. The number of anilines is 2. The van der Waals surface area contributed by atoms with Gasteiger partial charge in [-0.25, -0.2) is 4.98 Å². The van der Waals surface area contributed by atoms with Crippen molar-refractivity contribution in [1.82, 2.24) is 19.5 Å². The van der Waals surface area contributed by atoms with E-state index in [2.05, 4.69) is 20.3 Å². The van der Waals surface area contributed by atoms with Gasteiger partial charge in [0.1, 0.15) is 12.0 Å². The second-order valence-electron chi connectivity index (χ2n) is 6.17. The van der Waals surface area contributed by atoms with Crippen LogP contribution in [-0.4, -0.2) is 47.5 Å². The lowest BCUT2D eigenvalue weighted by Gasteiger charge is -2.16. The van der Waals surface area contributed by atoms with Gasteiger partial charge in [-0.2, -0.15) is 14.4 Å². The van der Waals surface area contributed by atoms with E-state index in [1.165, 1.54) is 21.3 Å². The summed E-state index contributed by atoms with van der Waals surface area (Å²) >= 11 is 0. The highest BCUT2D eigenvalue weighted by Crippen LogP contribution is 2.41. The maximum absolute atomic E-state index is 14.2. The first-order valence-electron chi connectivity index (χ1n) is 8.73. The third-order valence-electron chi connectivity index (χ3n) is 4.55. The molecular weight excluding hydrogens is 369 g/mol. The van der Waals surface area contributed by atoms with Gasteiger partial charge in [0.15, 0.2) is 28.5 Å². The molecular formula is C18H20FN5O4. The van der Waals surface area contributed by atoms with E-state index in [1.54, 1.807) is 23.0 Å². The summed E-state index contributed by atoms with van der Waals surface area (Å²) in [5, 5.41) is 3.07. The number of hydrogen-bond donors (Lipinski definition) is 1. The molecule has 3 aromatic rings. The van der Waals surface area contributed by atoms with Gasteiger partial charge >= 0.3 is 6.08 Å². The molecule has 1 fully saturated rings. The van der Waals surface area contributed by atoms with Gasteiger partial charge in [-0.05, 0) is 12.8 Å². The van der Waals surface area contributed by atoms with Crippen LogP contribution in [-0.2, 0) is 4.74 Å². The third-order valence-corrected chi connectivity index (χ3v) is 4.55. The predicted octanol–water partition coefficient (Wildman–Crippen LogP) is 3.04. The monoisotopic (exact) mass is 389 g/mol. The van der Waals surface area contributed by atoms with Gasteiger partial charge < -0.3 is 24.3 Å². The van der Waals surface area contributed by atoms with Crippen molar-refractivity contribution in [2.75, 3.05) is 33.3 Å². The maximum Gasteiger partial charge on any atom is 0.312 e. The zero-order valence-corrected chi connectivity index (χ0v) is 15.7. The molecule has 0 aliphatic carbocycles. The second-order valence-corrected chi connectivity index (χ2v) is 6.17. The van der Waals surface area contributed by atoms with Crippen LogP contribution in [0.15, 0.2) is 18.5 Å². The van der Waals surface area contributed by atoms with E-state index in [1.807, 2.05) is 0 Å². The highest BCUT2D eigenvalue weighted by atomic mass is 19.1. The van der Waals surface area contributed by atoms with Gasteiger partial charge in [-0.3, -0.25) is 4.57 Å². The van der Waals surface area contributed by atoms with Crippen LogP contribution >= 0.6 is 0 Å². The van der Waals surface area contributed by atoms with Crippen LogP contribution in [0, 0.1) is 6.08 Å². The largest absolute Gasteiger partial charge is 0.497 e. The first kappa shape index (κ1) is 18.2. The predicted molar refractivity (Wildman–Crippen MR) is 98.9 cm³/mol. The smallest absolute Gasteiger partial charge is 0.312 e. The zero-order valence-electron chi connectivity index (χ0n) is 15.7. The number of halogens is 1. The number of rotatable bonds is 6. The summed E-state index contributed by atoms with van der Waals surface area (Å²) in [7, 11) is 4.57. The molecule has 0 spiro atoms. The standard InChI is InChI=1S/C18H20FN5O4/c1-25-10-7-11(15(27-3)12(8-10)26-2)21-16-14-17(23-18(19)22-16)24(9-20-14)13-5-4-6-28-13/h7-9,13H,4-6H2,1-3H3,(H,21,22,23). The summed E-state index contributed by atoms with van der Waals surface area (Å²) in [6, 6.07) is 3.39. The summed E-state index contributed by atoms with van der Waals surface area (Å²) in [5.74, 6) is 1.62. The number of ether oxygens (including phenoxy) is 4. The Morgan fingerprint density at radius 1 is 1.18 bits per heavy atom. The molecule has 148 valence electrons. The average Bonchev–Trinajstić information content (AvgIpc) is 3.36. The fourth-order valence-electron chi connectivity index (χ4n) is 3.25. The van der Waals surface area contributed by atoms with Gasteiger partial charge in [0, 0.05) is 18.7 Å². The van der Waals surface area contributed by atoms with Crippen molar-refractivity contribution < 1.29 is 23.3 Å². The quantitative estimate of drug-likeness (QED) is 0.643. The van der Waals surface area contributed by atoms with E-state index in [9.17, 15) is 4.39 Å². The van der Waals surface area contributed by atoms with Crippen LogP contribution in [0.4, 0.5) is 15.9 Å². The molecule has 0 saturated carbocycles. The molecule has 3 heterocycles. The molecule has 2 aromatic heterocycles. The van der Waals surface area contributed by atoms with Gasteiger partial charge in [0.2, 0.25) is 0 Å². The highest BCUT2D eigenvalue weighted by Gasteiger charge is 2.23. The maximum atomic E-state index is 14.2. The van der Waals surface area contributed by atoms with Crippen LogP contribution in [0.2, 0.25) is 0 Å². The molecule has 9 nitrogen and oxygen atoms in total. The molecule has 1 atom stereocenters. The van der Waals surface area contributed by atoms with E-state index < -0.39 is 6.08 Å². The molecule has 1 aliphatic rings. The van der Waals surface area contributed by atoms with Crippen LogP contribution in [0.1, 0.15) is 19.1 Å². The highest BCUT2D eigenvalue weighted by molar-refractivity contribution is 5.86. The van der Waals surface area contributed by atoms with Crippen molar-refractivity contribution in [1.29, 1.82) is 0 Å². The summed E-state index contributed by atoms with van der Waals surface area (Å²) in [4.78, 5) is 12.2. The van der Waals surface area contributed by atoms with Crippen molar-refractivity contribution in [2.45, 2.75) is 19.1 Å². The zero-order chi connectivity index (χ0) is 19.7. The van der Waals surface area contributed by atoms with Gasteiger partial charge in [-0.15, -0.1) is 0 Å². The minimum atomic E-state index is -0.872. The Hall–Kier alpha value is -3.14. The normalized spacial score (nSPS) is 16.4. The number of benzene rings is 1. The van der Waals surface area contributed by atoms with Crippen LogP contribution in [0.25, 0.3) is 11.2 Å². The summed E-state index contributed by atoms with van der Waals surface area (Å²) in [6.45, 7) is 0.657. The summed E-state index contributed by atoms with van der Waals surface area (Å²) < 4.78 is 37.7. The Bertz CT molecular complexity index is 1000. The van der Waals surface area contributed by atoms with Crippen molar-refractivity contribution in [2.24, 2.45) is 0 Å². The molecule has 1 aliphatic heterocycles. The Morgan fingerprint density at radius 2 is 2.04 bits per heavy atom. The molecule has 28 heavy (non-hydrogen) atoms. The molecule has 10 heteroatoms. The van der Waals surface area contributed by atoms with Crippen molar-refractivity contribution in [3.63, 3.8) is 0 Å². The lowest BCUT2D eigenvalue weighted by atomic mass is 10.2. The van der Waals surface area contributed by atoms with Gasteiger partial charge in [0.05, 0.1) is 33.3 Å². The van der Waals surface area contributed by atoms with Gasteiger partial charge in [0.25, 0.3) is 0 Å². The van der Waals surface area contributed by atoms with E-state index >= 15 is 0 Å². The van der Waals surface area contributed by atoms with E-state index in [-0.39, 0.29) is 12.0 Å². The first-order chi connectivity index (χ1) is 13.6. The lowest BCUT2D eigenvalue weighted by Crippen LogP contribution is -2.08. The molecule has 4 rings (SSSR count). The number of nitrogens with one attached hydrogen (secondary N) is 1. The SMILES string of the molecule is COc1cc(Nc2nc(F)nc3c2ncn3C2CCCO2)c(OC)c(OC)c1. The average molecular weight is 389 g/mol. The minimum Gasteiger partial charge on any atom is -0.497 e. The molecule has 0 radical (unpaired) electrons.